The van der Waals surface area contributed by atoms with Crippen molar-refractivity contribution in [2.45, 2.75) is 26.2 Å². The standard InChI is InChI=1S/C11H20ClNO2/c1-9(4-5-12)7-13-11(14)10-3-2-6-15-8-10/h9-10H,2-8H2,1H3,(H,13,14). The molecular formula is C11H20ClNO2. The van der Waals surface area contributed by atoms with Crippen LogP contribution < -0.4 is 5.32 Å². The summed E-state index contributed by atoms with van der Waals surface area (Å²) in [6.07, 6.45) is 2.90. The van der Waals surface area contributed by atoms with Crippen LogP contribution in [0.25, 0.3) is 0 Å². The van der Waals surface area contributed by atoms with Gasteiger partial charge >= 0.3 is 0 Å². The van der Waals surface area contributed by atoms with Crippen LogP contribution >= 0.6 is 11.6 Å². The van der Waals surface area contributed by atoms with Gasteiger partial charge in [-0.15, -0.1) is 11.6 Å². The first-order chi connectivity index (χ1) is 7.24. The number of hydrogen-bond acceptors (Lipinski definition) is 2. The van der Waals surface area contributed by atoms with E-state index in [0.29, 0.717) is 18.4 Å². The topological polar surface area (TPSA) is 38.3 Å². The minimum atomic E-state index is 0.0574. The van der Waals surface area contributed by atoms with E-state index < -0.39 is 0 Å². The Bertz CT molecular complexity index is 193. The van der Waals surface area contributed by atoms with Gasteiger partial charge in [0.1, 0.15) is 0 Å². The van der Waals surface area contributed by atoms with Gasteiger partial charge < -0.3 is 10.1 Å². The first kappa shape index (κ1) is 12.8. The summed E-state index contributed by atoms with van der Waals surface area (Å²) in [5.41, 5.74) is 0. The van der Waals surface area contributed by atoms with Gasteiger partial charge in [-0.3, -0.25) is 4.79 Å². The molecule has 0 aliphatic carbocycles. The van der Waals surface area contributed by atoms with E-state index >= 15 is 0 Å². The minimum absolute atomic E-state index is 0.0574. The van der Waals surface area contributed by atoms with Gasteiger partial charge in [0.05, 0.1) is 12.5 Å². The third kappa shape index (κ3) is 4.85. The van der Waals surface area contributed by atoms with E-state index in [9.17, 15) is 4.79 Å². The lowest BCUT2D eigenvalue weighted by Crippen LogP contribution is -2.37. The summed E-state index contributed by atoms with van der Waals surface area (Å²) in [7, 11) is 0. The summed E-state index contributed by atoms with van der Waals surface area (Å²) in [5, 5.41) is 2.96. The highest BCUT2D eigenvalue weighted by Gasteiger charge is 2.21. The minimum Gasteiger partial charge on any atom is -0.381 e. The van der Waals surface area contributed by atoms with E-state index in [2.05, 4.69) is 12.2 Å². The van der Waals surface area contributed by atoms with Gasteiger partial charge in [0.15, 0.2) is 0 Å². The lowest BCUT2D eigenvalue weighted by Gasteiger charge is -2.22. The highest BCUT2D eigenvalue weighted by Crippen LogP contribution is 2.13. The van der Waals surface area contributed by atoms with Crippen molar-refractivity contribution in [3.8, 4) is 0 Å². The zero-order chi connectivity index (χ0) is 11.1. The largest absolute Gasteiger partial charge is 0.381 e. The van der Waals surface area contributed by atoms with Crippen LogP contribution in [0.2, 0.25) is 0 Å². The summed E-state index contributed by atoms with van der Waals surface area (Å²) in [4.78, 5) is 11.7. The van der Waals surface area contributed by atoms with Crippen molar-refractivity contribution in [1.82, 2.24) is 5.32 Å². The van der Waals surface area contributed by atoms with Crippen LogP contribution in [0.3, 0.4) is 0 Å². The molecule has 1 amide bonds. The lowest BCUT2D eigenvalue weighted by atomic mass is 10.0. The fourth-order valence-electron chi connectivity index (χ4n) is 1.65. The van der Waals surface area contributed by atoms with Crippen molar-refractivity contribution in [2.75, 3.05) is 25.6 Å². The lowest BCUT2D eigenvalue weighted by molar-refractivity contribution is -0.129. The molecule has 1 aliphatic rings. The molecule has 0 radical (unpaired) electrons. The number of nitrogens with one attached hydrogen (secondary N) is 1. The van der Waals surface area contributed by atoms with Crippen molar-refractivity contribution in [3.05, 3.63) is 0 Å². The first-order valence-electron chi connectivity index (χ1n) is 5.65. The second-order valence-electron chi connectivity index (χ2n) is 4.24. The fraction of sp³-hybridized carbons (Fsp3) is 0.909. The molecule has 88 valence electrons. The molecule has 1 aliphatic heterocycles. The van der Waals surface area contributed by atoms with Crippen molar-refractivity contribution >= 4 is 17.5 Å². The van der Waals surface area contributed by atoms with E-state index in [1.165, 1.54) is 0 Å². The van der Waals surface area contributed by atoms with Crippen LogP contribution in [0.4, 0.5) is 0 Å². The van der Waals surface area contributed by atoms with Gasteiger partial charge in [-0.05, 0) is 25.2 Å². The molecule has 15 heavy (non-hydrogen) atoms. The second kappa shape index (κ2) is 7.07. The second-order valence-corrected chi connectivity index (χ2v) is 4.62. The molecule has 1 heterocycles. The van der Waals surface area contributed by atoms with Gasteiger partial charge in [-0.2, -0.15) is 0 Å². The molecule has 0 aromatic heterocycles. The SMILES string of the molecule is CC(CCCl)CNC(=O)C1CCCOC1. The molecule has 0 aromatic carbocycles. The van der Waals surface area contributed by atoms with Gasteiger partial charge in [-0.25, -0.2) is 0 Å². The molecular weight excluding hydrogens is 214 g/mol. The predicted molar refractivity (Wildman–Crippen MR) is 61.1 cm³/mol. The van der Waals surface area contributed by atoms with Crippen LogP contribution in [0.15, 0.2) is 0 Å². The Labute approximate surface area is 96.5 Å². The van der Waals surface area contributed by atoms with Crippen LogP contribution in [-0.2, 0) is 9.53 Å². The number of ether oxygens (including phenoxy) is 1. The Morgan fingerprint density at radius 1 is 1.67 bits per heavy atom. The van der Waals surface area contributed by atoms with Crippen LogP contribution in [0.1, 0.15) is 26.2 Å². The molecule has 0 saturated carbocycles. The number of carbonyl (C=O) groups is 1. The normalized spacial score (nSPS) is 23.5. The smallest absolute Gasteiger partial charge is 0.225 e. The van der Waals surface area contributed by atoms with Crippen molar-refractivity contribution in [2.24, 2.45) is 11.8 Å². The molecule has 1 N–H and O–H groups in total. The molecule has 0 aromatic rings. The number of rotatable bonds is 5. The molecule has 1 rings (SSSR count). The number of carbonyl (C=O) groups excluding carboxylic acids is 1. The summed E-state index contributed by atoms with van der Waals surface area (Å²) in [5.74, 6) is 1.30. The summed E-state index contributed by atoms with van der Waals surface area (Å²) < 4.78 is 5.28. The maximum absolute atomic E-state index is 11.7. The molecule has 2 unspecified atom stereocenters. The average Bonchev–Trinajstić information content (AvgIpc) is 2.27. The van der Waals surface area contributed by atoms with E-state index in [1.54, 1.807) is 0 Å². The van der Waals surface area contributed by atoms with Crippen molar-refractivity contribution < 1.29 is 9.53 Å². The predicted octanol–water partition coefficient (Wildman–Crippen LogP) is 1.79. The van der Waals surface area contributed by atoms with Crippen molar-refractivity contribution in [1.29, 1.82) is 0 Å². The van der Waals surface area contributed by atoms with Crippen LogP contribution in [0.5, 0.6) is 0 Å². The van der Waals surface area contributed by atoms with Gasteiger partial charge in [0.2, 0.25) is 5.91 Å². The third-order valence-electron chi connectivity index (χ3n) is 2.76. The van der Waals surface area contributed by atoms with E-state index in [1.807, 2.05) is 0 Å². The Hall–Kier alpha value is -0.280. The van der Waals surface area contributed by atoms with Gasteiger partial charge in [0.25, 0.3) is 0 Å². The average molecular weight is 234 g/mol. The molecule has 3 nitrogen and oxygen atoms in total. The highest BCUT2D eigenvalue weighted by molar-refractivity contribution is 6.17. The van der Waals surface area contributed by atoms with Gasteiger partial charge in [0, 0.05) is 19.0 Å². The fourth-order valence-corrected chi connectivity index (χ4v) is 2.03. The number of halogens is 1. The van der Waals surface area contributed by atoms with E-state index in [4.69, 9.17) is 16.3 Å². The zero-order valence-electron chi connectivity index (χ0n) is 9.30. The molecule has 2 atom stereocenters. The summed E-state index contributed by atoms with van der Waals surface area (Å²) >= 11 is 5.63. The third-order valence-corrected chi connectivity index (χ3v) is 2.98. The van der Waals surface area contributed by atoms with Crippen LogP contribution in [0, 0.1) is 11.8 Å². The molecule has 0 spiro atoms. The van der Waals surface area contributed by atoms with E-state index in [-0.39, 0.29) is 11.8 Å². The highest BCUT2D eigenvalue weighted by atomic mass is 35.5. The number of hydrogen-bond donors (Lipinski definition) is 1. The summed E-state index contributed by atoms with van der Waals surface area (Å²) in [6, 6.07) is 0. The maximum atomic E-state index is 11.7. The first-order valence-corrected chi connectivity index (χ1v) is 6.19. The summed E-state index contributed by atoms with van der Waals surface area (Å²) in [6.45, 7) is 4.20. The molecule has 1 fully saturated rings. The monoisotopic (exact) mass is 233 g/mol. The Morgan fingerprint density at radius 2 is 2.47 bits per heavy atom. The number of alkyl halides is 1. The molecule has 0 bridgehead atoms. The van der Waals surface area contributed by atoms with Gasteiger partial charge in [-0.1, -0.05) is 6.92 Å². The number of amides is 1. The zero-order valence-corrected chi connectivity index (χ0v) is 10.1. The quantitative estimate of drug-likeness (QED) is 0.736. The Kier molecular flexibility index (Phi) is 6.03. The maximum Gasteiger partial charge on any atom is 0.225 e. The molecule has 4 heteroatoms. The Balaban J connectivity index is 2.16. The Morgan fingerprint density at radius 3 is 3.07 bits per heavy atom. The van der Waals surface area contributed by atoms with E-state index in [0.717, 1.165) is 32.4 Å². The van der Waals surface area contributed by atoms with Crippen LogP contribution in [-0.4, -0.2) is 31.5 Å². The molecule has 1 saturated heterocycles. The van der Waals surface area contributed by atoms with Crippen molar-refractivity contribution in [3.63, 3.8) is 0 Å².